The summed E-state index contributed by atoms with van der Waals surface area (Å²) in [5, 5.41) is 1.25. The molecule has 3 heteroatoms. The Bertz CT molecular complexity index is 1020. The van der Waals surface area contributed by atoms with Crippen LogP contribution in [0.5, 0.6) is 0 Å². The number of rotatable bonds is 3. The lowest BCUT2D eigenvalue weighted by molar-refractivity contribution is 0.996. The first-order valence-corrected chi connectivity index (χ1v) is 12.8. The Balaban J connectivity index is 1.92. The standard InChI is InChI=1S/C23H24N2Si/c1-26(2,3)16-8-10-20(18-13-14-18)22-17-19-9-4-5-11-21(19)25(22)23-12-6-7-15-24-23/h4-7,9-12,15,17-18H,13-14H2,1-3H3/b20-10+. The van der Waals surface area contributed by atoms with Crippen molar-refractivity contribution in [1.82, 2.24) is 9.55 Å². The normalized spacial score (nSPS) is 15.0. The molecule has 0 unspecified atom stereocenters. The molecule has 2 heterocycles. The van der Waals surface area contributed by atoms with Gasteiger partial charge in [0.1, 0.15) is 13.9 Å². The van der Waals surface area contributed by atoms with Crippen molar-refractivity contribution in [3.8, 4) is 17.3 Å². The Morgan fingerprint density at radius 1 is 1.12 bits per heavy atom. The molecule has 1 aliphatic carbocycles. The molecule has 26 heavy (non-hydrogen) atoms. The lowest BCUT2D eigenvalue weighted by Crippen LogP contribution is -2.16. The fraction of sp³-hybridized carbons (Fsp3) is 0.261. The molecular weight excluding hydrogens is 332 g/mol. The second kappa shape index (κ2) is 6.62. The van der Waals surface area contributed by atoms with Crippen LogP contribution in [0.2, 0.25) is 19.6 Å². The Morgan fingerprint density at radius 2 is 1.88 bits per heavy atom. The van der Waals surface area contributed by atoms with E-state index >= 15 is 0 Å². The van der Waals surface area contributed by atoms with Gasteiger partial charge in [0.2, 0.25) is 0 Å². The molecule has 0 bridgehead atoms. The summed E-state index contributed by atoms with van der Waals surface area (Å²) in [7, 11) is -1.37. The summed E-state index contributed by atoms with van der Waals surface area (Å²) in [4.78, 5) is 4.62. The quantitative estimate of drug-likeness (QED) is 0.435. The maximum Gasteiger partial charge on any atom is 0.137 e. The summed E-state index contributed by atoms with van der Waals surface area (Å²) in [5.74, 6) is 4.97. The van der Waals surface area contributed by atoms with Crippen LogP contribution in [0, 0.1) is 17.4 Å². The Labute approximate surface area is 156 Å². The van der Waals surface area contributed by atoms with Gasteiger partial charge < -0.3 is 0 Å². The molecule has 0 saturated heterocycles. The van der Waals surface area contributed by atoms with Gasteiger partial charge in [-0.1, -0.05) is 49.8 Å². The van der Waals surface area contributed by atoms with E-state index in [9.17, 15) is 0 Å². The molecule has 2 nitrogen and oxygen atoms in total. The summed E-state index contributed by atoms with van der Waals surface area (Å²) in [6.07, 6.45) is 6.54. The smallest absolute Gasteiger partial charge is 0.137 e. The summed E-state index contributed by atoms with van der Waals surface area (Å²) >= 11 is 0. The molecule has 1 fully saturated rings. The van der Waals surface area contributed by atoms with Crippen LogP contribution in [0.25, 0.3) is 22.3 Å². The first-order valence-electron chi connectivity index (χ1n) is 9.28. The largest absolute Gasteiger partial charge is 0.294 e. The maximum absolute atomic E-state index is 4.62. The van der Waals surface area contributed by atoms with Crippen molar-refractivity contribution in [1.29, 1.82) is 0 Å². The molecule has 0 amide bonds. The summed E-state index contributed by atoms with van der Waals surface area (Å²) in [5.41, 5.74) is 7.28. The van der Waals surface area contributed by atoms with Gasteiger partial charge in [0, 0.05) is 11.6 Å². The SMILES string of the molecule is C[Si](C)(C)C#C/C=C(/c1cc2ccccc2n1-c1ccccn1)C1CC1. The van der Waals surface area contributed by atoms with Crippen LogP contribution in [0.15, 0.2) is 60.8 Å². The van der Waals surface area contributed by atoms with E-state index < -0.39 is 8.07 Å². The Kier molecular flexibility index (Phi) is 4.30. The molecule has 0 N–H and O–H groups in total. The Morgan fingerprint density at radius 3 is 2.58 bits per heavy atom. The van der Waals surface area contributed by atoms with Gasteiger partial charge in [-0.15, -0.1) is 5.54 Å². The van der Waals surface area contributed by atoms with Crippen molar-refractivity contribution in [3.63, 3.8) is 0 Å². The fourth-order valence-corrected chi connectivity index (χ4v) is 3.73. The van der Waals surface area contributed by atoms with E-state index in [1.165, 1.54) is 35.0 Å². The molecule has 1 aliphatic rings. The van der Waals surface area contributed by atoms with E-state index in [-0.39, 0.29) is 0 Å². The highest BCUT2D eigenvalue weighted by Crippen LogP contribution is 2.43. The molecule has 0 radical (unpaired) electrons. The zero-order chi connectivity index (χ0) is 18.1. The van der Waals surface area contributed by atoms with E-state index in [4.69, 9.17) is 0 Å². The van der Waals surface area contributed by atoms with Gasteiger partial charge in [-0.05, 0) is 54.7 Å². The summed E-state index contributed by atoms with van der Waals surface area (Å²) in [6, 6.07) is 16.9. The summed E-state index contributed by atoms with van der Waals surface area (Å²) < 4.78 is 2.29. The highest BCUT2D eigenvalue weighted by atomic mass is 28.3. The van der Waals surface area contributed by atoms with Crippen LogP contribution in [0.3, 0.4) is 0 Å². The third-order valence-corrected chi connectivity index (χ3v) is 5.47. The van der Waals surface area contributed by atoms with Crippen LogP contribution in [0.1, 0.15) is 18.5 Å². The number of benzene rings is 1. The zero-order valence-corrected chi connectivity index (χ0v) is 16.7. The number of nitrogens with zero attached hydrogens (tertiary/aromatic N) is 2. The molecule has 1 aromatic carbocycles. The number of aromatic nitrogens is 2. The first kappa shape index (κ1) is 16.9. The lowest BCUT2D eigenvalue weighted by atomic mass is 10.1. The van der Waals surface area contributed by atoms with Crippen molar-refractivity contribution in [2.24, 2.45) is 5.92 Å². The molecule has 0 spiro atoms. The minimum atomic E-state index is -1.37. The van der Waals surface area contributed by atoms with Crippen LogP contribution in [-0.2, 0) is 0 Å². The average molecular weight is 357 g/mol. The molecule has 3 aromatic rings. The van der Waals surface area contributed by atoms with Crippen molar-refractivity contribution >= 4 is 24.5 Å². The highest BCUT2D eigenvalue weighted by molar-refractivity contribution is 6.83. The van der Waals surface area contributed by atoms with Gasteiger partial charge in [-0.3, -0.25) is 4.57 Å². The molecule has 130 valence electrons. The minimum Gasteiger partial charge on any atom is -0.294 e. The van der Waals surface area contributed by atoms with Crippen LogP contribution in [-0.4, -0.2) is 17.6 Å². The topological polar surface area (TPSA) is 17.8 Å². The first-order chi connectivity index (χ1) is 12.5. The van der Waals surface area contributed by atoms with Gasteiger partial charge in [-0.25, -0.2) is 4.98 Å². The molecule has 0 aliphatic heterocycles. The van der Waals surface area contributed by atoms with Crippen molar-refractivity contribution in [2.45, 2.75) is 32.5 Å². The average Bonchev–Trinajstić information content (AvgIpc) is 3.38. The highest BCUT2D eigenvalue weighted by Gasteiger charge is 2.29. The van der Waals surface area contributed by atoms with Crippen molar-refractivity contribution in [3.05, 3.63) is 66.5 Å². The van der Waals surface area contributed by atoms with E-state index in [1.807, 2.05) is 18.3 Å². The second-order valence-electron chi connectivity index (χ2n) is 8.01. The number of fused-ring (bicyclic) bond motifs is 1. The minimum absolute atomic E-state index is 0.623. The molecule has 1 saturated carbocycles. The van der Waals surface area contributed by atoms with Crippen LogP contribution < -0.4 is 0 Å². The zero-order valence-electron chi connectivity index (χ0n) is 15.7. The van der Waals surface area contributed by atoms with Gasteiger partial charge in [-0.2, -0.15) is 0 Å². The molecular formula is C23H24N2Si. The van der Waals surface area contributed by atoms with E-state index in [0.717, 1.165) is 5.82 Å². The number of allylic oxidation sites excluding steroid dienone is 2. The van der Waals surface area contributed by atoms with Crippen molar-refractivity contribution in [2.75, 3.05) is 0 Å². The van der Waals surface area contributed by atoms with Gasteiger partial charge in [0.15, 0.2) is 0 Å². The lowest BCUT2D eigenvalue weighted by Gasteiger charge is -2.12. The molecule has 4 rings (SSSR count). The van der Waals surface area contributed by atoms with Crippen LogP contribution in [0.4, 0.5) is 0 Å². The third kappa shape index (κ3) is 3.52. The van der Waals surface area contributed by atoms with E-state index in [2.05, 4.69) is 83.1 Å². The number of hydrogen-bond donors (Lipinski definition) is 0. The number of para-hydroxylation sites is 1. The van der Waals surface area contributed by atoms with Crippen LogP contribution >= 0.6 is 0 Å². The summed E-state index contributed by atoms with van der Waals surface area (Å²) in [6.45, 7) is 6.86. The fourth-order valence-electron chi connectivity index (χ4n) is 3.23. The monoisotopic (exact) mass is 356 g/mol. The van der Waals surface area contributed by atoms with E-state index in [1.54, 1.807) is 0 Å². The molecule has 2 aromatic heterocycles. The maximum atomic E-state index is 4.62. The van der Waals surface area contributed by atoms with E-state index in [0.29, 0.717) is 5.92 Å². The predicted octanol–water partition coefficient (Wildman–Crippen LogP) is 5.70. The number of hydrogen-bond acceptors (Lipinski definition) is 1. The molecule has 0 atom stereocenters. The van der Waals surface area contributed by atoms with Gasteiger partial charge in [0.05, 0.1) is 11.2 Å². The number of pyridine rings is 1. The predicted molar refractivity (Wildman–Crippen MR) is 113 cm³/mol. The third-order valence-electron chi connectivity index (χ3n) is 4.58. The van der Waals surface area contributed by atoms with Gasteiger partial charge in [0.25, 0.3) is 0 Å². The van der Waals surface area contributed by atoms with Gasteiger partial charge >= 0.3 is 0 Å². The second-order valence-corrected chi connectivity index (χ2v) is 12.8. The Hall–Kier alpha value is -2.57. The van der Waals surface area contributed by atoms with Crippen molar-refractivity contribution < 1.29 is 0 Å².